The molecular weight excluding hydrogens is 427 g/mol. The minimum atomic E-state index is -0.590. The Bertz CT molecular complexity index is 1090. The molecule has 0 spiro atoms. The Kier molecular flexibility index (Phi) is 7.72. The normalized spacial score (nSPS) is 10.4. The molecule has 3 rings (SSSR count). The van der Waals surface area contributed by atoms with Gasteiger partial charge in [-0.15, -0.1) is 0 Å². The maximum atomic E-state index is 13.7. The van der Waals surface area contributed by atoms with Crippen LogP contribution in [0.15, 0.2) is 72.8 Å². The Morgan fingerprint density at radius 1 is 0.938 bits per heavy atom. The Hall–Kier alpha value is -3.52. The van der Waals surface area contributed by atoms with Gasteiger partial charge in [-0.05, 0) is 60.5 Å². The molecule has 3 aromatic carbocycles. The molecule has 8 heteroatoms. The van der Waals surface area contributed by atoms with Gasteiger partial charge in [-0.2, -0.15) is 0 Å². The van der Waals surface area contributed by atoms with E-state index in [-0.39, 0.29) is 11.6 Å². The minimum Gasteiger partial charge on any atom is -0.378 e. The number of amides is 3. The summed E-state index contributed by atoms with van der Waals surface area (Å²) < 4.78 is 14.9. The van der Waals surface area contributed by atoms with Crippen molar-refractivity contribution in [3.63, 3.8) is 0 Å². The number of thiol groups is 1. The summed E-state index contributed by atoms with van der Waals surface area (Å²) in [5, 5.41) is 5.47. The van der Waals surface area contributed by atoms with Crippen molar-refractivity contribution >= 4 is 41.8 Å². The van der Waals surface area contributed by atoms with Gasteiger partial charge in [0, 0.05) is 32.0 Å². The molecule has 0 unspecified atom stereocenters. The summed E-state index contributed by atoms with van der Waals surface area (Å²) in [6, 6.07) is 20.0. The molecule has 3 amide bonds. The van der Waals surface area contributed by atoms with Gasteiger partial charge in [0.05, 0.1) is 11.3 Å². The van der Waals surface area contributed by atoms with Crippen LogP contribution in [0.3, 0.4) is 0 Å². The number of benzene rings is 3. The second kappa shape index (κ2) is 10.7. The summed E-state index contributed by atoms with van der Waals surface area (Å²) in [5.41, 5.74) is 3.20. The third-order valence-electron chi connectivity index (χ3n) is 4.80. The van der Waals surface area contributed by atoms with Crippen molar-refractivity contribution in [3.05, 3.63) is 89.7 Å². The molecule has 2 N–H and O–H groups in total. The van der Waals surface area contributed by atoms with E-state index in [1.165, 1.54) is 22.5 Å². The fraction of sp³-hybridized carbons (Fsp3) is 0.167. The lowest BCUT2D eigenvalue weighted by Crippen LogP contribution is -2.35. The van der Waals surface area contributed by atoms with Crippen LogP contribution in [0.25, 0.3) is 0 Å². The highest BCUT2D eigenvalue weighted by Gasteiger charge is 2.13. The van der Waals surface area contributed by atoms with Crippen LogP contribution in [0, 0.1) is 5.82 Å². The van der Waals surface area contributed by atoms with Crippen LogP contribution in [0.2, 0.25) is 0 Å². The maximum Gasteiger partial charge on any atom is 0.331 e. The number of hydrogen-bond acceptors (Lipinski definition) is 4. The van der Waals surface area contributed by atoms with Crippen LogP contribution in [0.1, 0.15) is 15.9 Å². The van der Waals surface area contributed by atoms with E-state index in [9.17, 15) is 14.0 Å². The molecule has 32 heavy (non-hydrogen) atoms. The summed E-state index contributed by atoms with van der Waals surface area (Å²) >= 11 is 4.27. The smallest absolute Gasteiger partial charge is 0.331 e. The minimum absolute atomic E-state index is 0.0390. The molecule has 0 saturated heterocycles. The predicted molar refractivity (Wildman–Crippen MR) is 130 cm³/mol. The summed E-state index contributed by atoms with van der Waals surface area (Å²) in [5.74, 6) is -1.14. The van der Waals surface area contributed by atoms with Gasteiger partial charge in [0.1, 0.15) is 5.82 Å². The van der Waals surface area contributed by atoms with E-state index in [2.05, 4.69) is 29.5 Å². The summed E-state index contributed by atoms with van der Waals surface area (Å²) in [6.45, 7) is 0.462. The van der Waals surface area contributed by atoms with Crippen LogP contribution in [0.4, 0.5) is 26.2 Å². The largest absolute Gasteiger partial charge is 0.378 e. The lowest BCUT2D eigenvalue weighted by molar-refractivity contribution is 0.102. The Labute approximate surface area is 192 Å². The quantitative estimate of drug-likeness (QED) is 0.454. The fourth-order valence-corrected chi connectivity index (χ4v) is 3.23. The van der Waals surface area contributed by atoms with Crippen molar-refractivity contribution in [2.75, 3.05) is 35.2 Å². The van der Waals surface area contributed by atoms with E-state index in [0.29, 0.717) is 24.3 Å². The van der Waals surface area contributed by atoms with E-state index in [4.69, 9.17) is 0 Å². The SMILES string of the molecule is CN(C)c1cccc(CCNC(=O)N(S)c2ccc(NC(=O)c3ccccc3F)cc2)c1. The molecule has 0 radical (unpaired) electrons. The second-order valence-corrected chi connectivity index (χ2v) is 7.74. The Morgan fingerprint density at radius 3 is 2.34 bits per heavy atom. The lowest BCUT2D eigenvalue weighted by Gasteiger charge is -2.17. The van der Waals surface area contributed by atoms with Crippen molar-refractivity contribution < 1.29 is 14.0 Å². The molecule has 0 fully saturated rings. The van der Waals surface area contributed by atoms with Crippen LogP contribution in [-0.2, 0) is 6.42 Å². The third-order valence-corrected chi connectivity index (χ3v) is 5.21. The number of nitrogens with one attached hydrogen (secondary N) is 2. The van der Waals surface area contributed by atoms with Crippen molar-refractivity contribution in [2.45, 2.75) is 6.42 Å². The molecule has 0 aliphatic rings. The van der Waals surface area contributed by atoms with Crippen LogP contribution in [-0.4, -0.2) is 32.6 Å². The molecule has 0 aromatic heterocycles. The number of anilines is 3. The van der Waals surface area contributed by atoms with E-state index in [0.717, 1.165) is 11.3 Å². The Morgan fingerprint density at radius 2 is 1.66 bits per heavy atom. The van der Waals surface area contributed by atoms with Crippen molar-refractivity contribution in [1.82, 2.24) is 5.32 Å². The molecule has 0 aliphatic heterocycles. The van der Waals surface area contributed by atoms with Crippen LogP contribution in [0.5, 0.6) is 0 Å². The highest BCUT2D eigenvalue weighted by molar-refractivity contribution is 7.82. The van der Waals surface area contributed by atoms with Crippen LogP contribution >= 0.6 is 12.8 Å². The fourth-order valence-electron chi connectivity index (χ4n) is 3.03. The number of halogens is 1. The summed E-state index contributed by atoms with van der Waals surface area (Å²) in [6.07, 6.45) is 0.691. The van der Waals surface area contributed by atoms with Gasteiger partial charge in [0.25, 0.3) is 5.91 Å². The van der Waals surface area contributed by atoms with Crippen molar-refractivity contribution in [3.8, 4) is 0 Å². The van der Waals surface area contributed by atoms with E-state index in [1.807, 2.05) is 37.2 Å². The third kappa shape index (κ3) is 6.01. The number of urea groups is 1. The molecule has 166 valence electrons. The highest BCUT2D eigenvalue weighted by atomic mass is 32.1. The van der Waals surface area contributed by atoms with Gasteiger partial charge in [-0.3, -0.25) is 4.79 Å². The average Bonchev–Trinajstić information content (AvgIpc) is 2.79. The van der Waals surface area contributed by atoms with Gasteiger partial charge in [-0.25, -0.2) is 13.5 Å². The molecule has 0 atom stereocenters. The van der Waals surface area contributed by atoms with Gasteiger partial charge < -0.3 is 15.5 Å². The van der Waals surface area contributed by atoms with E-state index >= 15 is 0 Å². The number of carbonyl (C=O) groups excluding carboxylic acids is 2. The summed E-state index contributed by atoms with van der Waals surface area (Å²) in [7, 11) is 3.96. The number of carbonyl (C=O) groups is 2. The number of nitrogens with zero attached hydrogens (tertiary/aromatic N) is 2. The zero-order valence-corrected chi connectivity index (χ0v) is 18.8. The standard InChI is InChI=1S/C24H25FN4O2S/c1-28(2)20-7-5-6-17(16-20)14-15-26-24(31)29(32)19-12-10-18(11-13-19)27-23(30)21-8-3-4-9-22(21)25/h3-13,16,32H,14-15H2,1-2H3,(H,26,31)(H,27,30). The zero-order valence-electron chi connectivity index (χ0n) is 17.9. The molecular formula is C24H25FN4O2S. The van der Waals surface area contributed by atoms with Gasteiger partial charge in [-0.1, -0.05) is 37.1 Å². The maximum absolute atomic E-state index is 13.7. The monoisotopic (exact) mass is 452 g/mol. The van der Waals surface area contributed by atoms with E-state index in [1.54, 1.807) is 30.3 Å². The van der Waals surface area contributed by atoms with E-state index < -0.39 is 11.7 Å². The van der Waals surface area contributed by atoms with Crippen LogP contribution < -0.4 is 19.8 Å². The number of hydrogen-bond donors (Lipinski definition) is 3. The first kappa shape index (κ1) is 23.1. The Balaban J connectivity index is 1.53. The van der Waals surface area contributed by atoms with Gasteiger partial charge in [0.2, 0.25) is 0 Å². The molecule has 6 nitrogen and oxygen atoms in total. The first-order chi connectivity index (χ1) is 15.3. The first-order valence-electron chi connectivity index (χ1n) is 10.0. The van der Waals surface area contributed by atoms with Crippen molar-refractivity contribution in [2.24, 2.45) is 0 Å². The topological polar surface area (TPSA) is 64.7 Å². The van der Waals surface area contributed by atoms with Gasteiger partial charge >= 0.3 is 6.03 Å². The molecule has 0 saturated carbocycles. The molecule has 0 aliphatic carbocycles. The second-order valence-electron chi connectivity index (χ2n) is 7.34. The zero-order chi connectivity index (χ0) is 23.1. The molecule has 0 bridgehead atoms. The highest BCUT2D eigenvalue weighted by Crippen LogP contribution is 2.21. The van der Waals surface area contributed by atoms with Gasteiger partial charge in [0.15, 0.2) is 0 Å². The molecule has 3 aromatic rings. The van der Waals surface area contributed by atoms with Crippen molar-refractivity contribution in [1.29, 1.82) is 0 Å². The first-order valence-corrected chi connectivity index (χ1v) is 10.4. The average molecular weight is 453 g/mol. The predicted octanol–water partition coefficient (Wildman–Crippen LogP) is 4.75. The number of rotatable bonds is 7. The summed E-state index contributed by atoms with van der Waals surface area (Å²) in [4.78, 5) is 26.7. The lowest BCUT2D eigenvalue weighted by atomic mass is 10.1. The molecule has 0 heterocycles.